The van der Waals surface area contributed by atoms with E-state index in [9.17, 15) is 0 Å². The minimum Gasteiger partial charge on any atom is -0.208 e. The maximum absolute atomic E-state index is 5.13. The Morgan fingerprint density at radius 3 is 1.78 bits per heavy atom. The molecular formula is C45H31N3S. The van der Waals surface area contributed by atoms with Crippen LogP contribution in [0.5, 0.6) is 0 Å². The van der Waals surface area contributed by atoms with E-state index in [1.807, 2.05) is 36.4 Å². The van der Waals surface area contributed by atoms with E-state index in [4.69, 9.17) is 15.0 Å². The van der Waals surface area contributed by atoms with Gasteiger partial charge in [0.15, 0.2) is 17.5 Å². The molecule has 0 saturated carbocycles. The molecule has 2 heterocycles. The highest BCUT2D eigenvalue weighted by molar-refractivity contribution is 7.13. The molecule has 0 aliphatic heterocycles. The molecule has 8 aromatic rings. The highest BCUT2D eigenvalue weighted by atomic mass is 32.1. The van der Waals surface area contributed by atoms with E-state index >= 15 is 0 Å². The third-order valence-electron chi connectivity index (χ3n) is 9.24. The Morgan fingerprint density at radius 2 is 1.08 bits per heavy atom. The zero-order chi connectivity index (χ0) is 32.6. The monoisotopic (exact) mass is 645 g/mol. The van der Waals surface area contributed by atoms with Crippen LogP contribution < -0.4 is 0 Å². The molecule has 0 spiro atoms. The van der Waals surface area contributed by atoms with Crippen LogP contribution in [0.25, 0.3) is 83.7 Å². The molecule has 1 aliphatic carbocycles. The lowest BCUT2D eigenvalue weighted by atomic mass is 9.84. The molecule has 1 aliphatic rings. The third kappa shape index (κ3) is 5.67. The molecule has 0 fully saturated rings. The number of nitrogens with zero attached hydrogens (tertiary/aromatic N) is 3. The third-order valence-corrected chi connectivity index (χ3v) is 10.2. The Kier molecular flexibility index (Phi) is 7.49. The van der Waals surface area contributed by atoms with Gasteiger partial charge < -0.3 is 0 Å². The summed E-state index contributed by atoms with van der Waals surface area (Å²) in [6.07, 6.45) is 6.71. The Balaban J connectivity index is 1.30. The molecule has 6 aromatic carbocycles. The molecule has 9 rings (SSSR count). The van der Waals surface area contributed by atoms with Crippen LogP contribution in [-0.2, 0) is 6.42 Å². The zero-order valence-electron chi connectivity index (χ0n) is 26.8. The molecular weight excluding hydrogens is 615 g/mol. The topological polar surface area (TPSA) is 38.7 Å². The molecule has 0 unspecified atom stereocenters. The summed E-state index contributed by atoms with van der Waals surface area (Å²) < 4.78 is 0. The Morgan fingerprint density at radius 1 is 0.469 bits per heavy atom. The quantitative estimate of drug-likeness (QED) is 0.181. The molecule has 0 bridgehead atoms. The van der Waals surface area contributed by atoms with E-state index in [-0.39, 0.29) is 0 Å². The number of benzene rings is 6. The van der Waals surface area contributed by atoms with Gasteiger partial charge in [-0.25, -0.2) is 15.0 Å². The minimum absolute atomic E-state index is 0.649. The van der Waals surface area contributed by atoms with E-state index in [0.717, 1.165) is 46.2 Å². The second-order valence-corrected chi connectivity index (χ2v) is 13.3. The van der Waals surface area contributed by atoms with Gasteiger partial charge in [-0.05, 0) is 92.2 Å². The van der Waals surface area contributed by atoms with Crippen molar-refractivity contribution in [2.75, 3.05) is 0 Å². The summed E-state index contributed by atoms with van der Waals surface area (Å²) in [6, 6.07) is 51.5. The lowest BCUT2D eigenvalue weighted by Crippen LogP contribution is -2.01. The largest absolute Gasteiger partial charge is 0.208 e. The van der Waals surface area contributed by atoms with Gasteiger partial charge in [0, 0.05) is 21.6 Å². The van der Waals surface area contributed by atoms with Gasteiger partial charge in [-0.3, -0.25) is 0 Å². The van der Waals surface area contributed by atoms with Crippen molar-refractivity contribution in [2.45, 2.75) is 12.8 Å². The maximum atomic E-state index is 5.13. The summed E-state index contributed by atoms with van der Waals surface area (Å²) in [5, 5.41) is 4.63. The summed E-state index contributed by atoms with van der Waals surface area (Å²) in [5.41, 5.74) is 11.4. The van der Waals surface area contributed by atoms with Crippen LogP contribution in [0.15, 0.2) is 157 Å². The van der Waals surface area contributed by atoms with Gasteiger partial charge in [-0.1, -0.05) is 133 Å². The fourth-order valence-corrected chi connectivity index (χ4v) is 7.58. The molecule has 0 radical (unpaired) electrons. The van der Waals surface area contributed by atoms with Gasteiger partial charge in [0.25, 0.3) is 0 Å². The molecule has 0 amide bonds. The molecule has 49 heavy (non-hydrogen) atoms. The van der Waals surface area contributed by atoms with Crippen molar-refractivity contribution in [2.24, 2.45) is 0 Å². The first-order valence-corrected chi connectivity index (χ1v) is 17.5. The predicted octanol–water partition coefficient (Wildman–Crippen LogP) is 12.0. The van der Waals surface area contributed by atoms with Crippen molar-refractivity contribution in [1.29, 1.82) is 0 Å². The second-order valence-electron chi connectivity index (χ2n) is 12.4. The predicted molar refractivity (Wildman–Crippen MR) is 205 cm³/mol. The number of aryl methyl sites for hydroxylation is 1. The fourth-order valence-electron chi connectivity index (χ4n) is 6.85. The number of thiophene rings is 1. The van der Waals surface area contributed by atoms with E-state index in [1.165, 1.54) is 37.9 Å². The SMILES string of the molecule is C1=Cc2c(cc3ccccc3c2-c2cc(-c3ccc(-c4cccs4)cc3)cc(-c3nc(-c4ccccc4)nc(-c4ccccc4)n3)c2)CC1. The van der Waals surface area contributed by atoms with E-state index in [1.54, 1.807) is 11.3 Å². The number of rotatable bonds is 6. The van der Waals surface area contributed by atoms with Crippen molar-refractivity contribution >= 4 is 28.2 Å². The van der Waals surface area contributed by atoms with Crippen molar-refractivity contribution in [3.05, 3.63) is 168 Å². The normalized spacial score (nSPS) is 12.2. The standard InChI is InChI=1S/C45H31N3S/c1-3-12-32(13-4-1)43-46-44(33-14-5-2-6-15-33)48-45(47-43)38-28-36(30-21-23-31(24-22-30)41-20-11-25-49-41)27-37(29-38)42-39-18-9-7-16-34(39)26-35-17-8-10-19-40(35)42/h1-7,9-16,18-29H,8,17H2. The molecule has 0 atom stereocenters. The van der Waals surface area contributed by atoms with Gasteiger partial charge in [-0.2, -0.15) is 0 Å². The lowest BCUT2D eigenvalue weighted by molar-refractivity contribution is 0.989. The Labute approximate surface area is 290 Å². The lowest BCUT2D eigenvalue weighted by Gasteiger charge is -2.20. The van der Waals surface area contributed by atoms with Crippen LogP contribution in [0.3, 0.4) is 0 Å². The van der Waals surface area contributed by atoms with Crippen molar-refractivity contribution in [3.63, 3.8) is 0 Å². The number of hydrogen-bond acceptors (Lipinski definition) is 4. The van der Waals surface area contributed by atoms with Crippen molar-refractivity contribution in [1.82, 2.24) is 15.0 Å². The summed E-state index contributed by atoms with van der Waals surface area (Å²) in [7, 11) is 0. The molecule has 2 aromatic heterocycles. The first-order valence-electron chi connectivity index (χ1n) is 16.7. The number of allylic oxidation sites excluding steroid dienone is 1. The summed E-state index contributed by atoms with van der Waals surface area (Å²) in [6.45, 7) is 0. The zero-order valence-corrected chi connectivity index (χ0v) is 27.6. The first-order chi connectivity index (χ1) is 24.3. The van der Waals surface area contributed by atoms with E-state index in [2.05, 4.69) is 127 Å². The summed E-state index contributed by atoms with van der Waals surface area (Å²) in [4.78, 5) is 16.5. The van der Waals surface area contributed by atoms with Crippen LogP contribution in [0.4, 0.5) is 0 Å². The highest BCUT2D eigenvalue weighted by Crippen LogP contribution is 2.41. The van der Waals surface area contributed by atoms with Gasteiger partial charge in [0.1, 0.15) is 0 Å². The molecule has 0 N–H and O–H groups in total. The maximum Gasteiger partial charge on any atom is 0.164 e. The molecule has 4 heteroatoms. The highest BCUT2D eigenvalue weighted by Gasteiger charge is 2.19. The number of fused-ring (bicyclic) bond motifs is 2. The molecule has 232 valence electrons. The average Bonchev–Trinajstić information content (AvgIpc) is 3.73. The van der Waals surface area contributed by atoms with Crippen LogP contribution in [0.1, 0.15) is 17.5 Å². The van der Waals surface area contributed by atoms with Gasteiger partial charge in [-0.15, -0.1) is 11.3 Å². The fraction of sp³-hybridized carbons (Fsp3) is 0.0444. The van der Waals surface area contributed by atoms with Gasteiger partial charge >= 0.3 is 0 Å². The molecule has 3 nitrogen and oxygen atoms in total. The van der Waals surface area contributed by atoms with Crippen LogP contribution in [0, 0.1) is 0 Å². The molecule has 0 saturated heterocycles. The Bertz CT molecular complexity index is 2410. The number of hydrogen-bond donors (Lipinski definition) is 0. The van der Waals surface area contributed by atoms with E-state index in [0.29, 0.717) is 17.5 Å². The Hall–Kier alpha value is -5.97. The van der Waals surface area contributed by atoms with Gasteiger partial charge in [0.2, 0.25) is 0 Å². The van der Waals surface area contributed by atoms with E-state index < -0.39 is 0 Å². The van der Waals surface area contributed by atoms with Crippen LogP contribution in [0.2, 0.25) is 0 Å². The second kappa shape index (κ2) is 12.6. The van der Waals surface area contributed by atoms with Crippen LogP contribution in [-0.4, -0.2) is 15.0 Å². The number of aromatic nitrogens is 3. The summed E-state index contributed by atoms with van der Waals surface area (Å²) in [5.74, 6) is 1.96. The average molecular weight is 646 g/mol. The van der Waals surface area contributed by atoms with Crippen LogP contribution >= 0.6 is 11.3 Å². The summed E-state index contributed by atoms with van der Waals surface area (Å²) >= 11 is 1.76. The van der Waals surface area contributed by atoms with Gasteiger partial charge in [0.05, 0.1) is 0 Å². The van der Waals surface area contributed by atoms with Crippen molar-refractivity contribution < 1.29 is 0 Å². The minimum atomic E-state index is 0.649. The van der Waals surface area contributed by atoms with Crippen molar-refractivity contribution in [3.8, 4) is 66.9 Å². The smallest absolute Gasteiger partial charge is 0.164 e. The first kappa shape index (κ1) is 29.2.